The molecular formula is C14H11BrClNO5. The van der Waals surface area contributed by atoms with Gasteiger partial charge >= 0.3 is 5.97 Å². The molecule has 0 bridgehead atoms. The van der Waals surface area contributed by atoms with E-state index in [1.165, 1.54) is 19.2 Å². The van der Waals surface area contributed by atoms with Gasteiger partial charge in [-0.05, 0) is 46.3 Å². The summed E-state index contributed by atoms with van der Waals surface area (Å²) in [6, 6.07) is 7.76. The molecule has 2 rings (SSSR count). The van der Waals surface area contributed by atoms with Gasteiger partial charge in [-0.25, -0.2) is 4.79 Å². The zero-order valence-electron chi connectivity index (χ0n) is 11.4. The van der Waals surface area contributed by atoms with Crippen molar-refractivity contribution in [2.24, 2.45) is 0 Å². The molecule has 0 fully saturated rings. The van der Waals surface area contributed by atoms with E-state index < -0.39 is 18.5 Å². The highest BCUT2D eigenvalue weighted by Crippen LogP contribution is 2.27. The van der Waals surface area contributed by atoms with Gasteiger partial charge in [0.15, 0.2) is 11.3 Å². The first kappa shape index (κ1) is 16.4. The van der Waals surface area contributed by atoms with E-state index in [1.54, 1.807) is 18.2 Å². The fourth-order valence-electron chi connectivity index (χ4n) is 1.59. The first-order chi connectivity index (χ1) is 10.5. The molecule has 0 saturated heterocycles. The van der Waals surface area contributed by atoms with E-state index in [4.69, 9.17) is 25.5 Å². The van der Waals surface area contributed by atoms with Crippen LogP contribution in [0.15, 0.2) is 39.4 Å². The number of halogens is 2. The van der Waals surface area contributed by atoms with Gasteiger partial charge < -0.3 is 19.2 Å². The lowest BCUT2D eigenvalue weighted by Gasteiger charge is -2.10. The number of carbonyl (C=O) groups excluding carboxylic acids is 2. The van der Waals surface area contributed by atoms with Gasteiger partial charge in [0.05, 0.1) is 12.8 Å². The lowest BCUT2D eigenvalue weighted by atomic mass is 10.3. The summed E-state index contributed by atoms with van der Waals surface area (Å²) in [6.45, 7) is -0.465. The highest BCUT2D eigenvalue weighted by atomic mass is 79.9. The second-order valence-electron chi connectivity index (χ2n) is 4.07. The van der Waals surface area contributed by atoms with Crippen LogP contribution < -0.4 is 10.1 Å². The minimum Gasteiger partial charge on any atom is -0.495 e. The van der Waals surface area contributed by atoms with Crippen molar-refractivity contribution in [2.45, 2.75) is 0 Å². The van der Waals surface area contributed by atoms with Gasteiger partial charge in [0.1, 0.15) is 5.75 Å². The second kappa shape index (κ2) is 7.33. The molecule has 0 atom stereocenters. The van der Waals surface area contributed by atoms with E-state index in [9.17, 15) is 9.59 Å². The number of carbonyl (C=O) groups is 2. The van der Waals surface area contributed by atoms with Crippen molar-refractivity contribution in [3.8, 4) is 5.75 Å². The van der Waals surface area contributed by atoms with E-state index >= 15 is 0 Å². The topological polar surface area (TPSA) is 77.8 Å². The third-order valence-corrected chi connectivity index (χ3v) is 3.21. The molecule has 0 unspecified atom stereocenters. The lowest BCUT2D eigenvalue weighted by Crippen LogP contribution is -2.21. The molecule has 0 aliphatic rings. The van der Waals surface area contributed by atoms with E-state index in [0.29, 0.717) is 21.1 Å². The van der Waals surface area contributed by atoms with Crippen LogP contribution in [0.25, 0.3) is 0 Å². The Hall–Kier alpha value is -1.99. The summed E-state index contributed by atoms with van der Waals surface area (Å²) in [5, 5.41) is 2.99. The van der Waals surface area contributed by atoms with Crippen LogP contribution >= 0.6 is 27.5 Å². The molecule has 116 valence electrons. The van der Waals surface area contributed by atoms with Gasteiger partial charge in [-0.3, -0.25) is 4.79 Å². The molecule has 2 aromatic rings. The number of rotatable bonds is 5. The van der Waals surface area contributed by atoms with Gasteiger partial charge in [-0.1, -0.05) is 11.6 Å². The standard InChI is InChI=1S/C14H11BrClNO5/c1-20-10-3-2-8(16)6-9(10)17-13(18)7-21-14(19)11-4-5-12(15)22-11/h2-6H,7H2,1H3,(H,17,18). The average Bonchev–Trinajstić information content (AvgIpc) is 2.92. The summed E-state index contributed by atoms with van der Waals surface area (Å²) in [6.07, 6.45) is 0. The van der Waals surface area contributed by atoms with Crippen molar-refractivity contribution in [3.63, 3.8) is 0 Å². The normalized spacial score (nSPS) is 10.1. The monoisotopic (exact) mass is 387 g/mol. The fraction of sp³-hybridized carbons (Fsp3) is 0.143. The van der Waals surface area contributed by atoms with Gasteiger partial charge in [-0.15, -0.1) is 0 Å². The summed E-state index contributed by atoms with van der Waals surface area (Å²) >= 11 is 8.93. The molecule has 0 aliphatic carbocycles. The summed E-state index contributed by atoms with van der Waals surface area (Å²) in [4.78, 5) is 23.4. The lowest BCUT2D eigenvalue weighted by molar-refractivity contribution is -0.119. The number of hydrogen-bond acceptors (Lipinski definition) is 5. The third kappa shape index (κ3) is 4.25. The van der Waals surface area contributed by atoms with Crippen molar-refractivity contribution in [1.29, 1.82) is 0 Å². The molecule has 0 aliphatic heterocycles. The predicted octanol–water partition coefficient (Wildman–Crippen LogP) is 3.50. The van der Waals surface area contributed by atoms with Gasteiger partial charge in [0.2, 0.25) is 5.76 Å². The Kier molecular flexibility index (Phi) is 5.46. The van der Waals surface area contributed by atoms with Crippen LogP contribution in [-0.4, -0.2) is 25.6 Å². The molecule has 0 radical (unpaired) electrons. The molecule has 1 aromatic carbocycles. The second-order valence-corrected chi connectivity index (χ2v) is 5.29. The summed E-state index contributed by atoms with van der Waals surface area (Å²) < 4.78 is 15.4. The number of furan rings is 1. The first-order valence-corrected chi connectivity index (χ1v) is 7.22. The average molecular weight is 389 g/mol. The Morgan fingerprint density at radius 2 is 2.09 bits per heavy atom. The highest BCUT2D eigenvalue weighted by Gasteiger charge is 2.15. The SMILES string of the molecule is COc1ccc(Cl)cc1NC(=O)COC(=O)c1ccc(Br)o1. The number of methoxy groups -OCH3 is 1. The maximum absolute atomic E-state index is 11.8. The van der Waals surface area contributed by atoms with Crippen LogP contribution in [0.2, 0.25) is 5.02 Å². The van der Waals surface area contributed by atoms with Crippen LogP contribution in [0.3, 0.4) is 0 Å². The predicted molar refractivity (Wildman–Crippen MR) is 83.3 cm³/mol. The Bertz CT molecular complexity index is 700. The molecule has 0 spiro atoms. The van der Waals surface area contributed by atoms with Crippen molar-refractivity contribution >= 4 is 45.1 Å². The number of esters is 1. The largest absolute Gasteiger partial charge is 0.495 e. The van der Waals surface area contributed by atoms with E-state index in [0.717, 1.165) is 0 Å². The van der Waals surface area contributed by atoms with Crippen LogP contribution in [0.4, 0.5) is 5.69 Å². The van der Waals surface area contributed by atoms with Crippen molar-refractivity contribution in [3.05, 3.63) is 45.8 Å². The molecule has 8 heteroatoms. The third-order valence-electron chi connectivity index (χ3n) is 2.54. The molecule has 1 N–H and O–H groups in total. The summed E-state index contributed by atoms with van der Waals surface area (Å²) in [5.74, 6) is -0.822. The fourth-order valence-corrected chi connectivity index (χ4v) is 2.07. The molecule has 0 saturated carbocycles. The van der Waals surface area contributed by atoms with E-state index in [1.807, 2.05) is 0 Å². The number of hydrogen-bond donors (Lipinski definition) is 1. The Morgan fingerprint density at radius 1 is 1.32 bits per heavy atom. The Labute approximate surface area is 139 Å². The van der Waals surface area contributed by atoms with E-state index in [2.05, 4.69) is 21.2 Å². The maximum Gasteiger partial charge on any atom is 0.374 e. The van der Waals surface area contributed by atoms with Crippen LogP contribution in [0.1, 0.15) is 10.6 Å². The zero-order chi connectivity index (χ0) is 16.1. The highest BCUT2D eigenvalue weighted by molar-refractivity contribution is 9.10. The van der Waals surface area contributed by atoms with Gasteiger partial charge in [0.25, 0.3) is 5.91 Å². The molecule has 22 heavy (non-hydrogen) atoms. The Balaban J connectivity index is 1.93. The number of amides is 1. The minimum absolute atomic E-state index is 0.0000103. The minimum atomic E-state index is -0.737. The first-order valence-electron chi connectivity index (χ1n) is 6.05. The Morgan fingerprint density at radius 3 is 2.73 bits per heavy atom. The van der Waals surface area contributed by atoms with Crippen LogP contribution in [-0.2, 0) is 9.53 Å². The molecule has 6 nitrogen and oxygen atoms in total. The smallest absolute Gasteiger partial charge is 0.374 e. The molecule has 1 aromatic heterocycles. The van der Waals surface area contributed by atoms with Crippen LogP contribution in [0, 0.1) is 0 Å². The quantitative estimate of drug-likeness (QED) is 0.793. The van der Waals surface area contributed by atoms with Gasteiger partial charge in [0, 0.05) is 5.02 Å². The zero-order valence-corrected chi connectivity index (χ0v) is 13.7. The number of nitrogens with one attached hydrogen (secondary N) is 1. The van der Waals surface area contributed by atoms with E-state index in [-0.39, 0.29) is 5.76 Å². The molecule has 1 heterocycles. The number of benzene rings is 1. The summed E-state index contributed by atoms with van der Waals surface area (Å²) in [5.41, 5.74) is 0.386. The molecular weight excluding hydrogens is 378 g/mol. The van der Waals surface area contributed by atoms with Crippen LogP contribution in [0.5, 0.6) is 5.75 Å². The van der Waals surface area contributed by atoms with Crippen molar-refractivity contribution in [1.82, 2.24) is 0 Å². The van der Waals surface area contributed by atoms with Crippen molar-refractivity contribution < 1.29 is 23.5 Å². The van der Waals surface area contributed by atoms with Gasteiger partial charge in [-0.2, -0.15) is 0 Å². The summed E-state index contributed by atoms with van der Waals surface area (Å²) in [7, 11) is 1.47. The molecule has 1 amide bonds. The van der Waals surface area contributed by atoms with Crippen molar-refractivity contribution in [2.75, 3.05) is 19.0 Å². The number of anilines is 1. The maximum atomic E-state index is 11.8. The number of ether oxygens (including phenoxy) is 2.